The molecule has 16 heavy (non-hydrogen) atoms. The van der Waals surface area contributed by atoms with Crippen LogP contribution in [-0.2, 0) is 4.79 Å². The van der Waals surface area contributed by atoms with Crippen LogP contribution in [0.5, 0.6) is 0 Å². The van der Waals surface area contributed by atoms with Crippen molar-refractivity contribution in [2.24, 2.45) is 5.92 Å². The zero-order valence-corrected chi connectivity index (χ0v) is 11.2. The molecule has 0 saturated carbocycles. The number of carbonyl (C=O) groups is 1. The first kappa shape index (κ1) is 10.3. The molecule has 1 amide bonds. The van der Waals surface area contributed by atoms with Gasteiger partial charge in [-0.25, -0.2) is 0 Å². The van der Waals surface area contributed by atoms with Gasteiger partial charge in [0.2, 0.25) is 5.91 Å². The SMILES string of the molecule is CC(=O)N1CC2CC(I)=C2c2ccccc21. The van der Waals surface area contributed by atoms with Crippen LogP contribution in [-0.4, -0.2) is 12.5 Å². The molecule has 1 atom stereocenters. The molecule has 0 radical (unpaired) electrons. The maximum absolute atomic E-state index is 11.6. The van der Waals surface area contributed by atoms with Crippen molar-refractivity contribution in [1.29, 1.82) is 0 Å². The molecule has 1 aromatic rings. The molecule has 1 aliphatic heterocycles. The molecule has 0 fully saturated rings. The molecule has 3 heteroatoms. The van der Waals surface area contributed by atoms with Gasteiger partial charge in [-0.15, -0.1) is 0 Å². The highest BCUT2D eigenvalue weighted by Gasteiger charge is 2.37. The Kier molecular flexibility index (Phi) is 2.31. The molecule has 2 nitrogen and oxygen atoms in total. The number of anilines is 1. The minimum absolute atomic E-state index is 0.147. The van der Waals surface area contributed by atoms with E-state index in [0.717, 1.165) is 18.7 Å². The number of carbonyl (C=O) groups excluding carboxylic acids is 1. The zero-order valence-electron chi connectivity index (χ0n) is 9.03. The van der Waals surface area contributed by atoms with E-state index >= 15 is 0 Å². The molecule has 0 aromatic heterocycles. The van der Waals surface area contributed by atoms with Gasteiger partial charge in [0.05, 0.1) is 5.69 Å². The van der Waals surface area contributed by atoms with E-state index in [0.29, 0.717) is 5.92 Å². The van der Waals surface area contributed by atoms with Crippen LogP contribution in [0, 0.1) is 5.92 Å². The lowest BCUT2D eigenvalue weighted by Gasteiger charge is -2.41. The Morgan fingerprint density at radius 3 is 2.88 bits per heavy atom. The Morgan fingerprint density at radius 2 is 2.19 bits per heavy atom. The standard InChI is InChI=1S/C13H12INO/c1-8(16)15-7-9-6-11(14)13(9)10-4-2-3-5-12(10)15/h2-5,9H,6-7H2,1H3. The average Bonchev–Trinajstić information content (AvgIpc) is 2.25. The Labute approximate surface area is 108 Å². The number of allylic oxidation sites excluding steroid dienone is 1. The van der Waals surface area contributed by atoms with Crippen LogP contribution in [0.25, 0.3) is 5.57 Å². The van der Waals surface area contributed by atoms with Crippen LogP contribution in [0.2, 0.25) is 0 Å². The van der Waals surface area contributed by atoms with Crippen molar-refractivity contribution in [2.45, 2.75) is 13.3 Å². The number of halogens is 1. The van der Waals surface area contributed by atoms with Crippen LogP contribution in [0.1, 0.15) is 18.9 Å². The van der Waals surface area contributed by atoms with Crippen LogP contribution in [0.4, 0.5) is 5.69 Å². The van der Waals surface area contributed by atoms with Gasteiger partial charge in [-0.1, -0.05) is 18.2 Å². The summed E-state index contributed by atoms with van der Waals surface area (Å²) < 4.78 is 1.46. The maximum atomic E-state index is 11.6. The second-order valence-corrected chi connectivity index (χ2v) is 5.67. The molecule has 82 valence electrons. The van der Waals surface area contributed by atoms with Gasteiger partial charge in [0.15, 0.2) is 0 Å². The lowest BCUT2D eigenvalue weighted by Crippen LogP contribution is -2.40. The minimum atomic E-state index is 0.147. The van der Waals surface area contributed by atoms with Crippen LogP contribution >= 0.6 is 22.6 Å². The lowest BCUT2D eigenvalue weighted by molar-refractivity contribution is -0.116. The first-order valence-electron chi connectivity index (χ1n) is 5.44. The number of amides is 1. The van der Waals surface area contributed by atoms with Crippen LogP contribution < -0.4 is 4.90 Å². The fourth-order valence-corrected chi connectivity index (χ4v) is 3.86. The molecular weight excluding hydrogens is 313 g/mol. The zero-order chi connectivity index (χ0) is 11.3. The normalized spacial score (nSPS) is 22.4. The van der Waals surface area contributed by atoms with Gasteiger partial charge in [0.1, 0.15) is 0 Å². The van der Waals surface area contributed by atoms with E-state index in [-0.39, 0.29) is 5.91 Å². The van der Waals surface area contributed by atoms with Crippen LogP contribution in [0.3, 0.4) is 0 Å². The first-order valence-corrected chi connectivity index (χ1v) is 6.52. The summed E-state index contributed by atoms with van der Waals surface area (Å²) in [5.41, 5.74) is 3.80. The van der Waals surface area contributed by atoms with E-state index in [4.69, 9.17) is 0 Å². The fourth-order valence-electron chi connectivity index (χ4n) is 2.59. The largest absolute Gasteiger partial charge is 0.311 e. The van der Waals surface area contributed by atoms with E-state index in [9.17, 15) is 4.79 Å². The third kappa shape index (κ3) is 1.34. The van der Waals surface area contributed by atoms with E-state index in [1.54, 1.807) is 6.92 Å². The molecule has 0 saturated heterocycles. The Morgan fingerprint density at radius 1 is 1.44 bits per heavy atom. The summed E-state index contributed by atoms with van der Waals surface area (Å²) in [4.78, 5) is 13.5. The van der Waals surface area contributed by atoms with Crippen molar-refractivity contribution in [3.63, 3.8) is 0 Å². The Bertz CT molecular complexity index is 506. The summed E-state index contributed by atoms with van der Waals surface area (Å²) >= 11 is 2.43. The average molecular weight is 325 g/mol. The molecule has 1 aromatic carbocycles. The van der Waals surface area contributed by atoms with Crippen molar-refractivity contribution in [3.05, 3.63) is 33.4 Å². The lowest BCUT2D eigenvalue weighted by atomic mass is 9.76. The smallest absolute Gasteiger partial charge is 0.223 e. The van der Waals surface area contributed by atoms with Gasteiger partial charge in [-0.2, -0.15) is 0 Å². The number of para-hydroxylation sites is 1. The van der Waals surface area contributed by atoms with E-state index in [1.165, 1.54) is 14.7 Å². The van der Waals surface area contributed by atoms with Crippen molar-refractivity contribution in [2.75, 3.05) is 11.4 Å². The molecule has 2 aliphatic rings. The highest BCUT2D eigenvalue weighted by molar-refractivity contribution is 14.1. The first-order chi connectivity index (χ1) is 7.68. The maximum Gasteiger partial charge on any atom is 0.223 e. The molecule has 0 spiro atoms. The van der Waals surface area contributed by atoms with Crippen molar-refractivity contribution >= 4 is 39.8 Å². The van der Waals surface area contributed by atoms with Crippen molar-refractivity contribution in [3.8, 4) is 0 Å². The predicted octanol–water partition coefficient (Wildman–Crippen LogP) is 3.22. The molecular formula is C13H12INO. The summed E-state index contributed by atoms with van der Waals surface area (Å²) in [5.74, 6) is 0.708. The van der Waals surface area contributed by atoms with Gasteiger partial charge >= 0.3 is 0 Å². The van der Waals surface area contributed by atoms with Gasteiger partial charge in [0.25, 0.3) is 0 Å². The number of benzene rings is 1. The van der Waals surface area contributed by atoms with E-state index in [2.05, 4.69) is 34.7 Å². The topological polar surface area (TPSA) is 20.3 Å². The summed E-state index contributed by atoms with van der Waals surface area (Å²) in [6, 6.07) is 8.22. The number of nitrogens with zero attached hydrogens (tertiary/aromatic N) is 1. The highest BCUT2D eigenvalue weighted by Crippen LogP contribution is 2.51. The number of hydrogen-bond acceptors (Lipinski definition) is 1. The second-order valence-electron chi connectivity index (χ2n) is 4.37. The van der Waals surface area contributed by atoms with Gasteiger partial charge in [0, 0.05) is 24.9 Å². The molecule has 1 aliphatic carbocycles. The van der Waals surface area contributed by atoms with Gasteiger partial charge in [-0.3, -0.25) is 4.79 Å². The Balaban J connectivity index is 2.18. The van der Waals surface area contributed by atoms with Gasteiger partial charge < -0.3 is 4.90 Å². The summed E-state index contributed by atoms with van der Waals surface area (Å²) in [5, 5.41) is 0. The molecule has 0 N–H and O–H groups in total. The highest BCUT2D eigenvalue weighted by atomic mass is 127. The number of hydrogen-bond donors (Lipinski definition) is 0. The molecule has 1 unspecified atom stereocenters. The third-order valence-corrected chi connectivity index (χ3v) is 4.42. The van der Waals surface area contributed by atoms with Gasteiger partial charge in [-0.05, 0) is 44.2 Å². The third-order valence-electron chi connectivity index (χ3n) is 3.39. The van der Waals surface area contributed by atoms with E-state index in [1.807, 2.05) is 17.0 Å². The minimum Gasteiger partial charge on any atom is -0.311 e. The Hall–Kier alpha value is -0.840. The summed E-state index contributed by atoms with van der Waals surface area (Å²) in [7, 11) is 0. The quantitative estimate of drug-likeness (QED) is 0.671. The predicted molar refractivity (Wildman–Crippen MR) is 73.5 cm³/mol. The molecule has 3 rings (SSSR count). The summed E-state index contributed by atoms with van der Waals surface area (Å²) in [6.07, 6.45) is 1.13. The van der Waals surface area contributed by atoms with Crippen molar-refractivity contribution < 1.29 is 4.79 Å². The van der Waals surface area contributed by atoms with E-state index < -0.39 is 0 Å². The van der Waals surface area contributed by atoms with Crippen molar-refractivity contribution in [1.82, 2.24) is 0 Å². The second kappa shape index (κ2) is 3.58. The van der Waals surface area contributed by atoms with Crippen LogP contribution in [0.15, 0.2) is 27.8 Å². The fraction of sp³-hybridized carbons (Fsp3) is 0.308. The monoisotopic (exact) mass is 325 g/mol. The molecule has 1 heterocycles. The number of fused-ring (bicyclic) bond motifs is 3. The number of rotatable bonds is 0. The summed E-state index contributed by atoms with van der Waals surface area (Å²) in [6.45, 7) is 2.50. The molecule has 0 bridgehead atoms.